The number of phenolic OH excluding ortho intramolecular Hbond substituents is 1. The minimum absolute atomic E-state index is 0.107. The summed E-state index contributed by atoms with van der Waals surface area (Å²) in [5.41, 5.74) is 0.528. The van der Waals surface area contributed by atoms with Crippen LogP contribution in [0.3, 0.4) is 0 Å². The molecule has 1 aromatic carbocycles. The molecule has 0 aromatic heterocycles. The molecular weight excluding hydrogens is 238 g/mol. The van der Waals surface area contributed by atoms with Crippen molar-refractivity contribution in [1.29, 1.82) is 0 Å². The minimum Gasteiger partial charge on any atom is -0.508 e. The highest BCUT2D eigenvalue weighted by atomic mass is 16.5. The third-order valence-corrected chi connectivity index (χ3v) is 2.72. The maximum Gasteiger partial charge on any atom is 0.332 e. The number of aromatic hydroxyl groups is 1. The SMILES string of the molecule is O=C(O)C1CCC(C(=O)Nc2ccc(O)cc2)O1. The van der Waals surface area contributed by atoms with Crippen molar-refractivity contribution in [3.8, 4) is 5.75 Å². The fraction of sp³-hybridized carbons (Fsp3) is 0.333. The fourth-order valence-corrected chi connectivity index (χ4v) is 1.78. The number of hydrogen-bond donors (Lipinski definition) is 3. The number of carbonyl (C=O) groups excluding carboxylic acids is 1. The Morgan fingerprint density at radius 3 is 2.33 bits per heavy atom. The maximum absolute atomic E-state index is 11.8. The highest BCUT2D eigenvalue weighted by molar-refractivity contribution is 5.94. The molecule has 0 saturated carbocycles. The topological polar surface area (TPSA) is 95.9 Å². The third-order valence-electron chi connectivity index (χ3n) is 2.72. The minimum atomic E-state index is -1.05. The Labute approximate surface area is 103 Å². The lowest BCUT2D eigenvalue weighted by Gasteiger charge is -2.11. The normalized spacial score (nSPS) is 22.7. The molecule has 2 unspecified atom stereocenters. The van der Waals surface area contributed by atoms with Crippen LogP contribution >= 0.6 is 0 Å². The van der Waals surface area contributed by atoms with Gasteiger partial charge in [-0.2, -0.15) is 0 Å². The van der Waals surface area contributed by atoms with E-state index in [0.29, 0.717) is 18.5 Å². The Kier molecular flexibility index (Phi) is 3.47. The van der Waals surface area contributed by atoms with Crippen LogP contribution in [-0.2, 0) is 14.3 Å². The van der Waals surface area contributed by atoms with Crippen LogP contribution in [0.2, 0.25) is 0 Å². The molecule has 1 fully saturated rings. The number of amides is 1. The van der Waals surface area contributed by atoms with Crippen LogP contribution in [-0.4, -0.2) is 34.3 Å². The van der Waals surface area contributed by atoms with E-state index in [2.05, 4.69) is 5.32 Å². The zero-order valence-corrected chi connectivity index (χ0v) is 9.50. The Morgan fingerprint density at radius 2 is 1.78 bits per heavy atom. The van der Waals surface area contributed by atoms with Crippen LogP contribution < -0.4 is 5.32 Å². The van der Waals surface area contributed by atoms with Crippen LogP contribution in [0, 0.1) is 0 Å². The van der Waals surface area contributed by atoms with Gasteiger partial charge in [0.15, 0.2) is 6.10 Å². The number of ether oxygens (including phenoxy) is 1. The van der Waals surface area contributed by atoms with Crippen LogP contribution in [0.15, 0.2) is 24.3 Å². The number of benzene rings is 1. The molecule has 2 atom stereocenters. The van der Waals surface area contributed by atoms with Gasteiger partial charge in [0, 0.05) is 5.69 Å². The standard InChI is InChI=1S/C12H13NO5/c14-8-3-1-7(2-4-8)13-11(15)9-5-6-10(18-9)12(16)17/h1-4,9-10,14H,5-6H2,(H,13,15)(H,16,17). The Hall–Kier alpha value is -2.08. The van der Waals surface area contributed by atoms with E-state index in [1.807, 2.05) is 0 Å². The van der Waals surface area contributed by atoms with E-state index in [-0.39, 0.29) is 11.7 Å². The van der Waals surface area contributed by atoms with Crippen LogP contribution in [0.4, 0.5) is 5.69 Å². The van der Waals surface area contributed by atoms with Crippen molar-refractivity contribution in [2.75, 3.05) is 5.32 Å². The number of carboxylic acids is 1. The zero-order valence-electron chi connectivity index (χ0n) is 9.50. The summed E-state index contributed by atoms with van der Waals surface area (Å²) in [4.78, 5) is 22.5. The smallest absolute Gasteiger partial charge is 0.332 e. The van der Waals surface area contributed by atoms with E-state index in [9.17, 15) is 9.59 Å². The van der Waals surface area contributed by atoms with Crippen molar-refractivity contribution in [1.82, 2.24) is 0 Å². The molecule has 2 rings (SSSR count). The molecular formula is C12H13NO5. The van der Waals surface area contributed by atoms with Gasteiger partial charge in [-0.05, 0) is 37.1 Å². The number of aliphatic carboxylic acids is 1. The Bertz CT molecular complexity index is 456. The van der Waals surface area contributed by atoms with Gasteiger partial charge < -0.3 is 20.3 Å². The predicted molar refractivity (Wildman–Crippen MR) is 62.3 cm³/mol. The second-order valence-corrected chi connectivity index (χ2v) is 4.07. The van der Waals surface area contributed by atoms with Gasteiger partial charge in [0.05, 0.1) is 0 Å². The number of phenols is 1. The van der Waals surface area contributed by atoms with Gasteiger partial charge in [0.1, 0.15) is 11.9 Å². The lowest BCUT2D eigenvalue weighted by molar-refractivity contribution is -0.150. The van der Waals surface area contributed by atoms with Crippen LogP contribution in [0.25, 0.3) is 0 Å². The molecule has 1 aromatic rings. The second kappa shape index (κ2) is 5.05. The van der Waals surface area contributed by atoms with E-state index in [4.69, 9.17) is 14.9 Å². The third kappa shape index (κ3) is 2.78. The molecule has 1 saturated heterocycles. The highest BCUT2D eigenvalue weighted by Gasteiger charge is 2.34. The molecule has 3 N–H and O–H groups in total. The van der Waals surface area contributed by atoms with E-state index in [1.165, 1.54) is 12.1 Å². The van der Waals surface area contributed by atoms with E-state index in [1.54, 1.807) is 12.1 Å². The number of carbonyl (C=O) groups is 2. The number of anilines is 1. The van der Waals surface area contributed by atoms with Crippen LogP contribution in [0.1, 0.15) is 12.8 Å². The Balaban J connectivity index is 1.93. The Morgan fingerprint density at radius 1 is 1.17 bits per heavy atom. The van der Waals surface area contributed by atoms with Gasteiger partial charge >= 0.3 is 5.97 Å². The molecule has 6 heteroatoms. The summed E-state index contributed by atoms with van der Waals surface area (Å²) in [7, 11) is 0. The number of carboxylic acid groups (broad SMARTS) is 1. The summed E-state index contributed by atoms with van der Waals surface area (Å²) in [6.07, 6.45) is -0.912. The molecule has 6 nitrogen and oxygen atoms in total. The molecule has 1 heterocycles. The van der Waals surface area contributed by atoms with Crippen molar-refractivity contribution in [3.63, 3.8) is 0 Å². The van der Waals surface area contributed by atoms with Gasteiger partial charge in [-0.25, -0.2) is 4.79 Å². The second-order valence-electron chi connectivity index (χ2n) is 4.07. The van der Waals surface area contributed by atoms with Crippen molar-refractivity contribution in [2.45, 2.75) is 25.0 Å². The maximum atomic E-state index is 11.8. The number of hydrogen-bond acceptors (Lipinski definition) is 4. The van der Waals surface area contributed by atoms with E-state index >= 15 is 0 Å². The quantitative estimate of drug-likeness (QED) is 0.695. The zero-order chi connectivity index (χ0) is 13.1. The molecule has 0 spiro atoms. The monoisotopic (exact) mass is 251 g/mol. The summed E-state index contributed by atoms with van der Waals surface area (Å²) < 4.78 is 5.12. The molecule has 0 bridgehead atoms. The average molecular weight is 251 g/mol. The largest absolute Gasteiger partial charge is 0.508 e. The summed E-state index contributed by atoms with van der Waals surface area (Å²) in [6, 6.07) is 6.00. The van der Waals surface area contributed by atoms with E-state index in [0.717, 1.165) is 0 Å². The molecule has 18 heavy (non-hydrogen) atoms. The van der Waals surface area contributed by atoms with Gasteiger partial charge in [-0.3, -0.25) is 4.79 Å². The predicted octanol–water partition coefficient (Wildman–Crippen LogP) is 0.963. The van der Waals surface area contributed by atoms with Crippen molar-refractivity contribution in [2.24, 2.45) is 0 Å². The number of nitrogens with one attached hydrogen (secondary N) is 1. The summed E-state index contributed by atoms with van der Waals surface area (Å²) >= 11 is 0. The lowest BCUT2D eigenvalue weighted by atomic mass is 10.2. The van der Waals surface area contributed by atoms with Gasteiger partial charge in [-0.1, -0.05) is 0 Å². The van der Waals surface area contributed by atoms with Gasteiger partial charge in [0.25, 0.3) is 5.91 Å². The summed E-state index contributed by atoms with van der Waals surface area (Å²) in [5.74, 6) is -1.31. The van der Waals surface area contributed by atoms with Gasteiger partial charge in [-0.15, -0.1) is 0 Å². The molecule has 0 aliphatic carbocycles. The average Bonchev–Trinajstić information content (AvgIpc) is 2.81. The first-order valence-corrected chi connectivity index (χ1v) is 5.54. The lowest BCUT2D eigenvalue weighted by Crippen LogP contribution is -2.29. The summed E-state index contributed by atoms with van der Waals surface area (Å²) in [6.45, 7) is 0. The van der Waals surface area contributed by atoms with Gasteiger partial charge in [0.2, 0.25) is 0 Å². The number of rotatable bonds is 3. The van der Waals surface area contributed by atoms with Crippen LogP contribution in [0.5, 0.6) is 5.75 Å². The fourth-order valence-electron chi connectivity index (χ4n) is 1.78. The molecule has 1 aliphatic heterocycles. The first kappa shape index (κ1) is 12.4. The van der Waals surface area contributed by atoms with Crippen molar-refractivity contribution in [3.05, 3.63) is 24.3 Å². The molecule has 1 amide bonds. The van der Waals surface area contributed by atoms with Crippen molar-refractivity contribution >= 4 is 17.6 Å². The molecule has 1 aliphatic rings. The summed E-state index contributed by atoms with van der Waals surface area (Å²) in [5, 5.41) is 20.4. The molecule has 0 radical (unpaired) electrons. The first-order valence-electron chi connectivity index (χ1n) is 5.54. The van der Waals surface area contributed by atoms with E-state index < -0.39 is 18.2 Å². The molecule has 96 valence electrons. The highest BCUT2D eigenvalue weighted by Crippen LogP contribution is 2.22. The van der Waals surface area contributed by atoms with Crippen molar-refractivity contribution < 1.29 is 24.5 Å². The first-order chi connectivity index (χ1) is 8.56.